The van der Waals surface area contributed by atoms with Gasteiger partial charge < -0.3 is 10.0 Å². The number of nitrogens with zero attached hydrogens (tertiary/aromatic N) is 1. The van der Waals surface area contributed by atoms with Gasteiger partial charge in [0.2, 0.25) is 0 Å². The largest absolute Gasteiger partial charge is 0.478 e. The number of hydrogen-bond acceptors (Lipinski definition) is 2. The first-order chi connectivity index (χ1) is 8.77. The molecule has 1 aromatic carbocycles. The van der Waals surface area contributed by atoms with Crippen LogP contribution in [0.5, 0.6) is 0 Å². The number of hydrogen-bond donors (Lipinski definition) is 1. The van der Waals surface area contributed by atoms with Gasteiger partial charge in [0.1, 0.15) is 0 Å². The third-order valence-electron chi connectivity index (χ3n) is 2.81. The molecule has 0 aromatic heterocycles. The normalized spacial score (nSPS) is 11.4. The molecule has 0 aliphatic rings. The summed E-state index contributed by atoms with van der Waals surface area (Å²) in [6.07, 6.45) is -2.92. The fourth-order valence-corrected chi connectivity index (χ4v) is 1.74. The molecule has 0 unspecified atom stereocenters. The van der Waals surface area contributed by atoms with Crippen molar-refractivity contribution in [3.8, 4) is 0 Å². The summed E-state index contributed by atoms with van der Waals surface area (Å²) in [6, 6.07) is 3.08. The number of rotatable bonds is 5. The van der Waals surface area contributed by atoms with Gasteiger partial charge in [-0.2, -0.15) is 13.2 Å². The van der Waals surface area contributed by atoms with Gasteiger partial charge in [-0.1, -0.05) is 13.3 Å². The number of anilines is 1. The quantitative estimate of drug-likeness (QED) is 0.891. The highest BCUT2D eigenvalue weighted by Gasteiger charge is 2.35. The first kappa shape index (κ1) is 15.3. The van der Waals surface area contributed by atoms with Crippen molar-refractivity contribution < 1.29 is 23.1 Å². The zero-order valence-corrected chi connectivity index (χ0v) is 10.8. The molecule has 19 heavy (non-hydrogen) atoms. The molecular formula is C13H16F3NO2. The van der Waals surface area contributed by atoms with E-state index in [0.717, 1.165) is 12.8 Å². The number of halogens is 3. The summed E-state index contributed by atoms with van der Waals surface area (Å²) in [5.41, 5.74) is -1.27. The van der Waals surface area contributed by atoms with Gasteiger partial charge in [0.25, 0.3) is 0 Å². The Hall–Kier alpha value is -1.72. The molecule has 3 nitrogen and oxygen atoms in total. The van der Waals surface area contributed by atoms with Crippen LogP contribution in [-0.4, -0.2) is 24.7 Å². The second kappa shape index (κ2) is 5.95. The molecule has 1 rings (SSSR count). The van der Waals surface area contributed by atoms with E-state index in [9.17, 15) is 18.0 Å². The predicted molar refractivity (Wildman–Crippen MR) is 66.6 cm³/mol. The van der Waals surface area contributed by atoms with Crippen molar-refractivity contribution in [3.05, 3.63) is 29.3 Å². The summed E-state index contributed by atoms with van der Waals surface area (Å²) in [4.78, 5) is 12.3. The lowest BCUT2D eigenvalue weighted by molar-refractivity contribution is -0.137. The molecule has 0 bridgehead atoms. The van der Waals surface area contributed by atoms with Crippen molar-refractivity contribution in [2.45, 2.75) is 25.9 Å². The fourth-order valence-electron chi connectivity index (χ4n) is 1.74. The van der Waals surface area contributed by atoms with Crippen LogP contribution in [0.2, 0.25) is 0 Å². The summed E-state index contributed by atoms with van der Waals surface area (Å²) in [5.74, 6) is -1.37. The maximum Gasteiger partial charge on any atom is 0.418 e. The summed E-state index contributed by atoms with van der Waals surface area (Å²) in [6.45, 7) is 2.44. The summed E-state index contributed by atoms with van der Waals surface area (Å²) in [5, 5.41) is 8.76. The van der Waals surface area contributed by atoms with Gasteiger partial charge in [-0.25, -0.2) is 4.79 Å². The van der Waals surface area contributed by atoms with Crippen molar-refractivity contribution in [3.63, 3.8) is 0 Å². The molecule has 0 saturated heterocycles. The Labute approximate surface area is 109 Å². The number of benzene rings is 1. The Morgan fingerprint density at radius 3 is 2.47 bits per heavy atom. The van der Waals surface area contributed by atoms with Crippen molar-refractivity contribution in [2.24, 2.45) is 0 Å². The van der Waals surface area contributed by atoms with Crippen LogP contribution in [-0.2, 0) is 6.18 Å². The molecule has 0 radical (unpaired) electrons. The van der Waals surface area contributed by atoms with E-state index in [2.05, 4.69) is 0 Å². The van der Waals surface area contributed by atoms with Crippen LogP contribution in [0.1, 0.15) is 35.7 Å². The second-order valence-corrected chi connectivity index (χ2v) is 4.31. The van der Waals surface area contributed by atoms with Crippen molar-refractivity contribution in [1.82, 2.24) is 0 Å². The van der Waals surface area contributed by atoms with Crippen LogP contribution in [0.25, 0.3) is 0 Å². The Balaban J connectivity index is 3.20. The Bertz CT molecular complexity index is 458. The molecule has 0 aliphatic heterocycles. The van der Waals surface area contributed by atoms with E-state index in [0.29, 0.717) is 12.6 Å². The summed E-state index contributed by atoms with van der Waals surface area (Å²) >= 11 is 0. The lowest BCUT2D eigenvalue weighted by Gasteiger charge is -2.23. The zero-order valence-electron chi connectivity index (χ0n) is 10.8. The van der Waals surface area contributed by atoms with Crippen molar-refractivity contribution in [1.29, 1.82) is 0 Å². The molecule has 0 aliphatic carbocycles. The highest BCUT2D eigenvalue weighted by molar-refractivity contribution is 5.88. The Morgan fingerprint density at radius 2 is 2.00 bits per heavy atom. The molecule has 6 heteroatoms. The number of carboxylic acids is 1. The SMILES string of the molecule is CCCCN(C)c1ccc(C(=O)O)cc1C(F)(F)F. The van der Waals surface area contributed by atoms with Crippen LogP contribution in [0.4, 0.5) is 18.9 Å². The average Bonchev–Trinajstić information content (AvgIpc) is 2.34. The van der Waals surface area contributed by atoms with E-state index in [4.69, 9.17) is 5.11 Å². The molecular weight excluding hydrogens is 259 g/mol. The van der Waals surface area contributed by atoms with E-state index in [-0.39, 0.29) is 11.3 Å². The van der Waals surface area contributed by atoms with Gasteiger partial charge in [-0.3, -0.25) is 0 Å². The van der Waals surface area contributed by atoms with Gasteiger partial charge in [0, 0.05) is 19.3 Å². The number of alkyl halides is 3. The smallest absolute Gasteiger partial charge is 0.418 e. The van der Waals surface area contributed by atoms with Gasteiger partial charge in [0.05, 0.1) is 11.1 Å². The Kier molecular flexibility index (Phi) is 4.80. The lowest BCUT2D eigenvalue weighted by atomic mass is 10.1. The van der Waals surface area contributed by atoms with Gasteiger partial charge in [0.15, 0.2) is 0 Å². The first-order valence-electron chi connectivity index (χ1n) is 5.93. The molecule has 0 saturated carbocycles. The predicted octanol–water partition coefficient (Wildman–Crippen LogP) is 3.64. The lowest BCUT2D eigenvalue weighted by Crippen LogP contribution is -2.22. The number of unbranched alkanes of at least 4 members (excludes halogenated alkanes) is 1. The third kappa shape index (κ3) is 3.87. The van der Waals surface area contributed by atoms with Gasteiger partial charge in [-0.15, -0.1) is 0 Å². The summed E-state index contributed by atoms with van der Waals surface area (Å²) in [7, 11) is 1.57. The highest BCUT2D eigenvalue weighted by atomic mass is 19.4. The van der Waals surface area contributed by atoms with E-state index >= 15 is 0 Å². The van der Waals surface area contributed by atoms with Crippen LogP contribution in [0.15, 0.2) is 18.2 Å². The molecule has 1 N–H and O–H groups in total. The second-order valence-electron chi connectivity index (χ2n) is 4.31. The maximum absolute atomic E-state index is 13.0. The van der Waals surface area contributed by atoms with E-state index in [1.54, 1.807) is 7.05 Å². The zero-order chi connectivity index (χ0) is 14.6. The molecule has 0 fully saturated rings. The fraction of sp³-hybridized carbons (Fsp3) is 0.462. The van der Waals surface area contributed by atoms with Crippen LogP contribution in [0, 0.1) is 0 Å². The molecule has 0 amide bonds. The van der Waals surface area contributed by atoms with Crippen LogP contribution in [0.3, 0.4) is 0 Å². The van der Waals surface area contributed by atoms with E-state index in [1.807, 2.05) is 6.92 Å². The minimum absolute atomic E-state index is 0.00551. The van der Waals surface area contributed by atoms with Gasteiger partial charge >= 0.3 is 12.1 Å². The maximum atomic E-state index is 13.0. The first-order valence-corrected chi connectivity index (χ1v) is 5.93. The highest BCUT2D eigenvalue weighted by Crippen LogP contribution is 2.37. The number of carbonyl (C=O) groups is 1. The minimum Gasteiger partial charge on any atom is -0.478 e. The molecule has 0 heterocycles. The molecule has 1 aromatic rings. The number of carboxylic acid groups (broad SMARTS) is 1. The monoisotopic (exact) mass is 275 g/mol. The van der Waals surface area contributed by atoms with Crippen molar-refractivity contribution in [2.75, 3.05) is 18.5 Å². The average molecular weight is 275 g/mol. The topological polar surface area (TPSA) is 40.5 Å². The van der Waals surface area contributed by atoms with Crippen molar-refractivity contribution >= 4 is 11.7 Å². The van der Waals surface area contributed by atoms with Gasteiger partial charge in [-0.05, 0) is 24.6 Å². The minimum atomic E-state index is -4.57. The molecule has 0 spiro atoms. The Morgan fingerprint density at radius 1 is 1.37 bits per heavy atom. The third-order valence-corrected chi connectivity index (χ3v) is 2.81. The van der Waals surface area contributed by atoms with E-state index < -0.39 is 17.7 Å². The standard InChI is InChI=1S/C13H16F3NO2/c1-3-4-7-17(2)11-6-5-9(12(18)19)8-10(11)13(14,15)16/h5-6,8H,3-4,7H2,1-2H3,(H,18,19). The molecule has 106 valence electrons. The van der Waals surface area contributed by atoms with Crippen LogP contribution >= 0.6 is 0 Å². The molecule has 0 atom stereocenters. The van der Waals surface area contributed by atoms with Crippen LogP contribution < -0.4 is 4.90 Å². The van der Waals surface area contributed by atoms with E-state index in [1.165, 1.54) is 17.0 Å². The summed E-state index contributed by atoms with van der Waals surface area (Å²) < 4.78 is 38.9. The number of aromatic carboxylic acids is 1.